The van der Waals surface area contributed by atoms with Crippen molar-refractivity contribution in [2.24, 2.45) is 0 Å². The molecule has 1 aliphatic rings. The van der Waals surface area contributed by atoms with Gasteiger partial charge in [-0.3, -0.25) is 10.0 Å². The molecule has 11 heteroatoms. The van der Waals surface area contributed by atoms with Crippen LogP contribution in [0, 0.1) is 0 Å². The summed E-state index contributed by atoms with van der Waals surface area (Å²) in [4.78, 5) is 12.2. The number of benzene rings is 1. The third kappa shape index (κ3) is 5.57. The first-order valence-electron chi connectivity index (χ1n) is 7.86. The van der Waals surface area contributed by atoms with Crippen molar-refractivity contribution in [1.29, 1.82) is 0 Å². The largest absolute Gasteiger partial charge is 0.487 e. The molecule has 148 valence electrons. The van der Waals surface area contributed by atoms with E-state index in [1.807, 2.05) is 0 Å². The lowest BCUT2D eigenvalue weighted by molar-refractivity contribution is -0.0463. The quantitative estimate of drug-likeness (QED) is 0.235. The van der Waals surface area contributed by atoms with Crippen LogP contribution in [0.15, 0.2) is 48.4 Å². The minimum absolute atomic E-state index is 0.0652. The maximum atomic E-state index is 12.2. The van der Waals surface area contributed by atoms with E-state index in [0.717, 1.165) is 12.5 Å². The van der Waals surface area contributed by atoms with Crippen LogP contribution < -0.4 is 15.5 Å². The van der Waals surface area contributed by atoms with Gasteiger partial charge in [-0.15, -0.1) is 0 Å². The molecule has 1 unspecified atom stereocenters. The Morgan fingerprint density at radius 3 is 2.52 bits per heavy atom. The first-order valence-corrected chi connectivity index (χ1v) is 7.86. The van der Waals surface area contributed by atoms with Gasteiger partial charge in [0.25, 0.3) is 5.91 Å². The highest BCUT2D eigenvalue weighted by atomic mass is 16.6. The number of aliphatic hydroxyl groups excluding tert-OH is 3. The van der Waals surface area contributed by atoms with Crippen LogP contribution in [0.2, 0.25) is 0 Å². The Morgan fingerprint density at radius 1 is 1.30 bits per heavy atom. The topological polar surface area (TPSA) is 164 Å². The third-order valence-corrected chi connectivity index (χ3v) is 3.64. The zero-order valence-corrected chi connectivity index (χ0v) is 14.3. The summed E-state index contributed by atoms with van der Waals surface area (Å²) in [6.07, 6.45) is -0.585. The number of hydrogen-bond donors (Lipinski definition) is 7. The number of amides is 1. The summed E-state index contributed by atoms with van der Waals surface area (Å²) >= 11 is 0. The zero-order chi connectivity index (χ0) is 20.0. The number of rotatable bonds is 8. The van der Waals surface area contributed by atoms with Gasteiger partial charge in [-0.1, -0.05) is 0 Å². The molecule has 1 aromatic carbocycles. The first kappa shape index (κ1) is 20.5. The summed E-state index contributed by atoms with van der Waals surface area (Å²) in [5.41, 5.74) is 2.04. The second-order valence-electron chi connectivity index (χ2n) is 5.67. The lowest BCUT2D eigenvalue weighted by Gasteiger charge is -2.25. The molecule has 3 atom stereocenters. The molecule has 0 bridgehead atoms. The van der Waals surface area contributed by atoms with Crippen molar-refractivity contribution in [1.82, 2.24) is 15.9 Å². The summed E-state index contributed by atoms with van der Waals surface area (Å²) in [5.74, 6) is -0.648. The van der Waals surface area contributed by atoms with Crippen LogP contribution >= 0.6 is 0 Å². The van der Waals surface area contributed by atoms with Gasteiger partial charge >= 0.3 is 5.95 Å². The SMILES string of the molecule is C[C@@H](O)[C@H](NC(=O)c1ccc(OCC2=COC(O)=CN2O)cc1)C(O)NO. The van der Waals surface area contributed by atoms with Crippen molar-refractivity contribution >= 4 is 5.91 Å². The normalized spacial score (nSPS) is 17.1. The standard InChI is InChI=1S/C16H21N3O8/c1-9(20)14(16(23)18-24)17-15(22)10-2-4-12(5-3-10)26-7-11-8-27-13(21)6-19(11)25/h2-6,8-9,14,16,18,20-21,23-25H,7H2,1H3,(H,17,22)/t9-,14+,16?/m1/s1. The smallest absolute Gasteiger partial charge is 0.301 e. The third-order valence-electron chi connectivity index (χ3n) is 3.64. The fourth-order valence-electron chi connectivity index (χ4n) is 2.14. The van der Waals surface area contributed by atoms with Crippen molar-refractivity contribution < 1.29 is 40.0 Å². The summed E-state index contributed by atoms with van der Waals surface area (Å²) in [6, 6.07) is 4.79. The summed E-state index contributed by atoms with van der Waals surface area (Å²) in [7, 11) is 0. The Labute approximate surface area is 154 Å². The highest BCUT2D eigenvalue weighted by molar-refractivity contribution is 5.94. The number of hydrogen-bond acceptors (Lipinski definition) is 10. The molecule has 2 rings (SSSR count). The fraction of sp³-hybridized carbons (Fsp3) is 0.312. The Bertz CT molecular complexity index is 704. The summed E-state index contributed by atoms with van der Waals surface area (Å²) in [6.45, 7) is 1.29. The van der Waals surface area contributed by atoms with Gasteiger partial charge in [-0.25, -0.2) is 5.06 Å². The van der Waals surface area contributed by atoms with Crippen LogP contribution in [-0.4, -0.2) is 61.7 Å². The molecule has 7 N–H and O–H groups in total. The van der Waals surface area contributed by atoms with E-state index in [1.54, 1.807) is 5.48 Å². The highest BCUT2D eigenvalue weighted by Crippen LogP contribution is 2.17. The van der Waals surface area contributed by atoms with Crippen LogP contribution in [0.1, 0.15) is 17.3 Å². The van der Waals surface area contributed by atoms with Crippen molar-refractivity contribution in [3.8, 4) is 5.75 Å². The van der Waals surface area contributed by atoms with Gasteiger partial charge < -0.3 is 35.3 Å². The zero-order valence-electron chi connectivity index (χ0n) is 14.3. The molecule has 1 heterocycles. The number of carbonyl (C=O) groups excluding carboxylic acids is 1. The lowest BCUT2D eigenvalue weighted by Crippen LogP contribution is -2.54. The maximum absolute atomic E-state index is 12.2. The second-order valence-corrected chi connectivity index (χ2v) is 5.67. The van der Waals surface area contributed by atoms with Gasteiger partial charge in [0, 0.05) is 5.56 Å². The predicted octanol–water partition coefficient (Wildman–Crippen LogP) is -0.238. The average molecular weight is 383 g/mol. The van der Waals surface area contributed by atoms with Gasteiger partial charge in [-0.05, 0) is 31.2 Å². The van der Waals surface area contributed by atoms with Crippen molar-refractivity contribution in [3.05, 3.63) is 53.9 Å². The number of carbonyl (C=O) groups is 1. The molecule has 11 nitrogen and oxygen atoms in total. The lowest BCUT2D eigenvalue weighted by atomic mass is 10.1. The predicted molar refractivity (Wildman–Crippen MR) is 89.3 cm³/mol. The van der Waals surface area contributed by atoms with E-state index in [9.17, 15) is 20.2 Å². The second kappa shape index (κ2) is 9.21. The van der Waals surface area contributed by atoms with E-state index < -0.39 is 30.2 Å². The Hall–Kier alpha value is -2.83. The molecule has 0 saturated heterocycles. The first-order chi connectivity index (χ1) is 12.8. The van der Waals surface area contributed by atoms with E-state index in [0.29, 0.717) is 10.8 Å². The van der Waals surface area contributed by atoms with Crippen molar-refractivity contribution in [3.63, 3.8) is 0 Å². The van der Waals surface area contributed by atoms with Crippen LogP contribution in [0.3, 0.4) is 0 Å². The van der Waals surface area contributed by atoms with Gasteiger partial charge in [0.2, 0.25) is 0 Å². The van der Waals surface area contributed by atoms with Crippen LogP contribution in [0.25, 0.3) is 0 Å². The molecule has 0 fully saturated rings. The average Bonchev–Trinajstić information content (AvgIpc) is 2.64. The highest BCUT2D eigenvalue weighted by Gasteiger charge is 2.25. The molecule has 1 amide bonds. The van der Waals surface area contributed by atoms with E-state index in [4.69, 9.17) is 19.8 Å². The van der Waals surface area contributed by atoms with Crippen LogP contribution in [-0.2, 0) is 4.74 Å². The minimum Gasteiger partial charge on any atom is -0.487 e. The minimum atomic E-state index is -1.54. The molecule has 0 aromatic heterocycles. The maximum Gasteiger partial charge on any atom is 0.301 e. The number of nitrogens with one attached hydrogen (secondary N) is 2. The van der Waals surface area contributed by atoms with Gasteiger partial charge in [0.15, 0.2) is 0 Å². The molecule has 27 heavy (non-hydrogen) atoms. The molecule has 1 aromatic rings. The number of aliphatic hydroxyl groups is 3. The summed E-state index contributed by atoms with van der Waals surface area (Å²) in [5, 5.41) is 49.6. The monoisotopic (exact) mass is 383 g/mol. The Balaban J connectivity index is 1.93. The molecule has 0 radical (unpaired) electrons. The molecular weight excluding hydrogens is 362 g/mol. The van der Waals surface area contributed by atoms with Crippen molar-refractivity contribution in [2.45, 2.75) is 25.3 Å². The van der Waals surface area contributed by atoms with Gasteiger partial charge in [0.1, 0.15) is 36.7 Å². The van der Waals surface area contributed by atoms with E-state index in [1.165, 1.54) is 31.2 Å². The van der Waals surface area contributed by atoms with E-state index in [2.05, 4.69) is 5.32 Å². The molecule has 1 aliphatic heterocycles. The van der Waals surface area contributed by atoms with E-state index >= 15 is 0 Å². The van der Waals surface area contributed by atoms with Crippen LogP contribution in [0.4, 0.5) is 0 Å². The molecule has 0 saturated carbocycles. The number of hydroxylamine groups is 3. The molecular formula is C16H21N3O8. The number of nitrogens with zero attached hydrogens (tertiary/aromatic N) is 1. The Kier molecular flexibility index (Phi) is 6.98. The fourth-order valence-corrected chi connectivity index (χ4v) is 2.14. The van der Waals surface area contributed by atoms with Crippen molar-refractivity contribution in [2.75, 3.05) is 6.61 Å². The van der Waals surface area contributed by atoms with Crippen LogP contribution in [0.5, 0.6) is 5.75 Å². The van der Waals surface area contributed by atoms with Gasteiger partial charge in [-0.2, -0.15) is 5.48 Å². The van der Waals surface area contributed by atoms with E-state index in [-0.39, 0.29) is 17.9 Å². The molecule has 0 aliphatic carbocycles. The number of ether oxygens (including phenoxy) is 2. The Morgan fingerprint density at radius 2 is 1.96 bits per heavy atom. The summed E-state index contributed by atoms with van der Waals surface area (Å²) < 4.78 is 10.2. The van der Waals surface area contributed by atoms with Gasteiger partial charge in [0.05, 0.1) is 12.1 Å². The molecule has 0 spiro atoms.